The van der Waals surface area contributed by atoms with Crippen LogP contribution in [0.15, 0.2) is 33.8 Å². The Labute approximate surface area is 107 Å². The van der Waals surface area contributed by atoms with E-state index < -0.39 is 0 Å². The van der Waals surface area contributed by atoms with E-state index in [9.17, 15) is 4.79 Å². The topological polar surface area (TPSA) is 55.0 Å². The first-order chi connectivity index (χ1) is 8.08. The van der Waals surface area contributed by atoms with Crippen molar-refractivity contribution in [3.63, 3.8) is 0 Å². The van der Waals surface area contributed by atoms with Crippen LogP contribution in [0.1, 0.15) is 11.1 Å². The molecular weight excluding hydrogens is 284 g/mol. The van der Waals surface area contributed by atoms with Gasteiger partial charge in [-0.05, 0) is 37.1 Å². The molecule has 1 aromatic carbocycles. The van der Waals surface area contributed by atoms with Gasteiger partial charge in [-0.3, -0.25) is 4.79 Å². The van der Waals surface area contributed by atoms with Crippen molar-refractivity contribution in [3.05, 3.63) is 50.5 Å². The van der Waals surface area contributed by atoms with E-state index in [4.69, 9.17) is 4.74 Å². The lowest BCUT2D eigenvalue weighted by atomic mass is 10.1. The highest BCUT2D eigenvalue weighted by Crippen LogP contribution is 2.27. The Morgan fingerprint density at radius 1 is 1.29 bits per heavy atom. The molecule has 88 valence electrons. The van der Waals surface area contributed by atoms with E-state index in [-0.39, 0.29) is 11.4 Å². The lowest BCUT2D eigenvalue weighted by molar-refractivity contribution is 0.453. The molecule has 0 saturated heterocycles. The van der Waals surface area contributed by atoms with Gasteiger partial charge in [0.2, 0.25) is 0 Å². The van der Waals surface area contributed by atoms with E-state index in [1.165, 1.54) is 12.4 Å². The summed E-state index contributed by atoms with van der Waals surface area (Å²) in [5.74, 6) is 0.654. The van der Waals surface area contributed by atoms with Crippen molar-refractivity contribution in [2.45, 2.75) is 13.8 Å². The maximum absolute atomic E-state index is 11.4. The van der Waals surface area contributed by atoms with Crippen molar-refractivity contribution >= 4 is 15.9 Å². The number of hydrogen-bond acceptors (Lipinski definition) is 3. The minimum absolute atomic E-state index is 0.0497. The van der Waals surface area contributed by atoms with Crippen LogP contribution in [-0.2, 0) is 0 Å². The molecule has 0 bridgehead atoms. The first kappa shape index (κ1) is 11.9. The van der Waals surface area contributed by atoms with Crippen LogP contribution in [0.2, 0.25) is 0 Å². The van der Waals surface area contributed by atoms with Crippen LogP contribution in [0.4, 0.5) is 0 Å². The molecule has 2 aromatic rings. The Morgan fingerprint density at radius 3 is 2.53 bits per heavy atom. The van der Waals surface area contributed by atoms with E-state index in [0.29, 0.717) is 5.75 Å². The van der Waals surface area contributed by atoms with Crippen LogP contribution in [0.5, 0.6) is 11.6 Å². The van der Waals surface area contributed by atoms with Crippen molar-refractivity contribution in [1.29, 1.82) is 0 Å². The number of nitrogens with zero attached hydrogens (tertiary/aromatic N) is 1. The van der Waals surface area contributed by atoms with Crippen LogP contribution in [0, 0.1) is 13.8 Å². The average Bonchev–Trinajstić information content (AvgIpc) is 2.29. The summed E-state index contributed by atoms with van der Waals surface area (Å²) in [6, 6.07) is 3.70. The number of aromatic amines is 1. The van der Waals surface area contributed by atoms with Gasteiger partial charge >= 0.3 is 5.56 Å². The van der Waals surface area contributed by atoms with E-state index in [2.05, 4.69) is 25.9 Å². The molecule has 0 amide bonds. The third-order valence-electron chi connectivity index (χ3n) is 2.30. The molecular formula is C12H11BrN2O2. The summed E-state index contributed by atoms with van der Waals surface area (Å²) in [6.45, 7) is 3.93. The third kappa shape index (κ3) is 2.55. The quantitative estimate of drug-likeness (QED) is 0.926. The third-order valence-corrected chi connectivity index (χ3v) is 3.55. The van der Waals surface area contributed by atoms with E-state index >= 15 is 0 Å². The van der Waals surface area contributed by atoms with Gasteiger partial charge in [0, 0.05) is 16.9 Å². The van der Waals surface area contributed by atoms with Gasteiger partial charge in [-0.25, -0.2) is 4.98 Å². The van der Waals surface area contributed by atoms with Crippen LogP contribution >= 0.6 is 15.9 Å². The highest BCUT2D eigenvalue weighted by molar-refractivity contribution is 9.10. The Bertz CT molecular complexity index is 584. The molecule has 0 saturated carbocycles. The fraction of sp³-hybridized carbons (Fsp3) is 0.167. The Kier molecular flexibility index (Phi) is 3.28. The molecule has 0 aliphatic rings. The van der Waals surface area contributed by atoms with Crippen molar-refractivity contribution in [2.75, 3.05) is 0 Å². The summed E-state index contributed by atoms with van der Waals surface area (Å²) < 4.78 is 6.49. The van der Waals surface area contributed by atoms with Crippen LogP contribution in [0.3, 0.4) is 0 Å². The zero-order valence-electron chi connectivity index (χ0n) is 9.45. The predicted octanol–water partition coefficient (Wildman–Crippen LogP) is 2.94. The molecule has 0 unspecified atom stereocenters. The number of ether oxygens (including phenoxy) is 1. The molecule has 0 atom stereocenters. The number of rotatable bonds is 2. The lowest BCUT2D eigenvalue weighted by Crippen LogP contribution is -2.09. The summed E-state index contributed by atoms with van der Waals surface area (Å²) in [5.41, 5.74) is 1.76. The zero-order valence-corrected chi connectivity index (χ0v) is 11.0. The molecule has 0 fully saturated rings. The molecule has 1 aromatic heterocycles. The van der Waals surface area contributed by atoms with Gasteiger partial charge in [0.05, 0.1) is 0 Å². The van der Waals surface area contributed by atoms with Crippen LogP contribution < -0.4 is 10.3 Å². The molecule has 5 heteroatoms. The molecule has 0 spiro atoms. The van der Waals surface area contributed by atoms with E-state index in [1.54, 1.807) is 0 Å². The zero-order chi connectivity index (χ0) is 12.4. The summed E-state index contributed by atoms with van der Waals surface area (Å²) in [6.07, 6.45) is 2.95. The molecule has 0 radical (unpaired) electrons. The number of aromatic nitrogens is 2. The number of benzene rings is 1. The second kappa shape index (κ2) is 4.71. The fourth-order valence-corrected chi connectivity index (χ4v) is 1.72. The average molecular weight is 295 g/mol. The molecule has 2 rings (SSSR count). The number of halogens is 1. The highest BCUT2D eigenvalue weighted by Gasteiger charge is 2.07. The molecule has 1 N–H and O–H groups in total. The number of H-pyrrole nitrogens is 1. The monoisotopic (exact) mass is 294 g/mol. The molecule has 0 aliphatic heterocycles. The summed E-state index contributed by atoms with van der Waals surface area (Å²) in [5, 5.41) is 0. The fourth-order valence-electron chi connectivity index (χ4n) is 1.49. The highest BCUT2D eigenvalue weighted by atomic mass is 79.9. The maximum atomic E-state index is 11.4. The van der Waals surface area contributed by atoms with Crippen LogP contribution in [0.25, 0.3) is 0 Å². The SMILES string of the molecule is Cc1cc(Oc2ncc[nH]c2=O)cc(C)c1Br. The maximum Gasteiger partial charge on any atom is 0.311 e. The van der Waals surface area contributed by atoms with Gasteiger partial charge in [0.15, 0.2) is 0 Å². The second-order valence-corrected chi connectivity index (χ2v) is 4.49. The first-order valence-corrected chi connectivity index (χ1v) is 5.85. The number of aryl methyl sites for hydroxylation is 2. The van der Waals surface area contributed by atoms with Gasteiger partial charge in [-0.2, -0.15) is 0 Å². The van der Waals surface area contributed by atoms with Gasteiger partial charge in [-0.1, -0.05) is 15.9 Å². The minimum atomic E-state index is -0.342. The summed E-state index contributed by atoms with van der Waals surface area (Å²) in [7, 11) is 0. The molecule has 0 aliphatic carbocycles. The Morgan fingerprint density at radius 2 is 1.94 bits per heavy atom. The minimum Gasteiger partial charge on any atom is -0.435 e. The number of nitrogens with one attached hydrogen (secondary N) is 1. The summed E-state index contributed by atoms with van der Waals surface area (Å²) >= 11 is 3.47. The van der Waals surface area contributed by atoms with Crippen LogP contribution in [-0.4, -0.2) is 9.97 Å². The summed E-state index contributed by atoms with van der Waals surface area (Å²) in [4.78, 5) is 17.8. The van der Waals surface area contributed by atoms with Crippen molar-refractivity contribution in [1.82, 2.24) is 9.97 Å². The standard InChI is InChI=1S/C12H11BrN2O2/c1-7-5-9(6-8(2)10(7)13)17-12-11(16)14-3-4-15-12/h3-6H,1-2H3,(H,14,16). The van der Waals surface area contributed by atoms with E-state index in [0.717, 1.165) is 15.6 Å². The van der Waals surface area contributed by atoms with E-state index in [1.807, 2.05) is 26.0 Å². The smallest absolute Gasteiger partial charge is 0.311 e. The molecule has 17 heavy (non-hydrogen) atoms. The number of hydrogen-bond donors (Lipinski definition) is 1. The molecule has 4 nitrogen and oxygen atoms in total. The van der Waals surface area contributed by atoms with Crippen molar-refractivity contribution in [2.24, 2.45) is 0 Å². The Hall–Kier alpha value is -1.62. The van der Waals surface area contributed by atoms with Crippen molar-refractivity contribution in [3.8, 4) is 11.6 Å². The first-order valence-electron chi connectivity index (χ1n) is 5.06. The van der Waals surface area contributed by atoms with Crippen molar-refractivity contribution < 1.29 is 4.74 Å². The lowest BCUT2D eigenvalue weighted by Gasteiger charge is -2.08. The largest absolute Gasteiger partial charge is 0.435 e. The Balaban J connectivity index is 2.38. The molecule has 1 heterocycles. The second-order valence-electron chi connectivity index (χ2n) is 3.70. The van der Waals surface area contributed by atoms with Gasteiger partial charge in [0.25, 0.3) is 5.88 Å². The normalized spacial score (nSPS) is 10.3. The van der Waals surface area contributed by atoms with Gasteiger partial charge in [-0.15, -0.1) is 0 Å². The predicted molar refractivity (Wildman–Crippen MR) is 68.5 cm³/mol. The van der Waals surface area contributed by atoms with Gasteiger partial charge in [0.1, 0.15) is 5.75 Å². The van der Waals surface area contributed by atoms with Gasteiger partial charge < -0.3 is 9.72 Å².